The van der Waals surface area contributed by atoms with E-state index in [4.69, 9.17) is 14.7 Å². The highest BCUT2D eigenvalue weighted by molar-refractivity contribution is 9.10. The molecule has 0 saturated carbocycles. The molecule has 3 nitrogen and oxygen atoms in total. The summed E-state index contributed by atoms with van der Waals surface area (Å²) in [6, 6.07) is 13.5. The second-order valence-corrected chi connectivity index (χ2v) is 4.77. The van der Waals surface area contributed by atoms with E-state index in [0.717, 1.165) is 0 Å². The van der Waals surface area contributed by atoms with Crippen LogP contribution in [0.15, 0.2) is 46.9 Å². The Hall–Kier alpha value is -2.06. The average molecular weight is 336 g/mol. The van der Waals surface area contributed by atoms with Gasteiger partial charge in [0.25, 0.3) is 0 Å². The lowest BCUT2D eigenvalue weighted by Gasteiger charge is -2.08. The maximum absolute atomic E-state index is 13.2. The zero-order chi connectivity index (χ0) is 14.4. The van der Waals surface area contributed by atoms with E-state index in [0.29, 0.717) is 28.1 Å². The standard InChI is InChI=1S/C15H11BrFNO2/c16-14-5-4-13(9-15(14)17)20-7-6-19-12-3-1-2-11(8-12)10-18/h1-5,8-9H,6-7H2. The third kappa shape index (κ3) is 3.97. The van der Waals surface area contributed by atoms with Gasteiger partial charge >= 0.3 is 0 Å². The number of hydrogen-bond donors (Lipinski definition) is 0. The molecule has 0 aliphatic heterocycles. The van der Waals surface area contributed by atoms with Crippen LogP contribution in [0.3, 0.4) is 0 Å². The lowest BCUT2D eigenvalue weighted by atomic mass is 10.2. The molecule has 0 radical (unpaired) electrons. The summed E-state index contributed by atoms with van der Waals surface area (Å²) in [6.07, 6.45) is 0. The Bertz CT molecular complexity index is 640. The number of nitriles is 1. The molecule has 5 heteroatoms. The number of nitrogens with zero attached hydrogens (tertiary/aromatic N) is 1. The smallest absolute Gasteiger partial charge is 0.141 e. The average Bonchev–Trinajstić information content (AvgIpc) is 2.47. The first-order chi connectivity index (χ1) is 9.69. The summed E-state index contributed by atoms with van der Waals surface area (Å²) in [6.45, 7) is 0.602. The molecule has 0 bridgehead atoms. The van der Waals surface area contributed by atoms with Crippen molar-refractivity contribution in [2.45, 2.75) is 0 Å². The molecule has 0 fully saturated rings. The van der Waals surface area contributed by atoms with Gasteiger partial charge in [0.2, 0.25) is 0 Å². The molecule has 0 N–H and O–H groups in total. The van der Waals surface area contributed by atoms with Gasteiger partial charge in [0.05, 0.1) is 16.1 Å². The number of ether oxygens (including phenoxy) is 2. The Labute approximate surface area is 124 Å². The van der Waals surface area contributed by atoms with Crippen LogP contribution in [0.2, 0.25) is 0 Å². The van der Waals surface area contributed by atoms with E-state index in [1.807, 2.05) is 6.07 Å². The van der Waals surface area contributed by atoms with Crippen molar-refractivity contribution in [1.82, 2.24) is 0 Å². The summed E-state index contributed by atoms with van der Waals surface area (Å²) in [7, 11) is 0. The molecule has 0 saturated heterocycles. The predicted molar refractivity (Wildman–Crippen MR) is 76.2 cm³/mol. The van der Waals surface area contributed by atoms with Crippen molar-refractivity contribution in [3.05, 3.63) is 58.3 Å². The molecule has 0 aliphatic carbocycles. The van der Waals surface area contributed by atoms with E-state index in [9.17, 15) is 4.39 Å². The number of benzene rings is 2. The maximum Gasteiger partial charge on any atom is 0.141 e. The Kier molecular flexibility index (Phi) is 4.97. The van der Waals surface area contributed by atoms with E-state index < -0.39 is 0 Å². The van der Waals surface area contributed by atoms with E-state index >= 15 is 0 Å². The van der Waals surface area contributed by atoms with Crippen LogP contribution in [-0.4, -0.2) is 13.2 Å². The first-order valence-electron chi connectivity index (χ1n) is 5.90. The lowest BCUT2D eigenvalue weighted by molar-refractivity contribution is 0.216. The Balaban J connectivity index is 1.81. The normalized spacial score (nSPS) is 9.85. The first-order valence-corrected chi connectivity index (χ1v) is 6.69. The minimum Gasteiger partial charge on any atom is -0.490 e. The second kappa shape index (κ2) is 6.92. The van der Waals surface area contributed by atoms with Crippen LogP contribution in [0, 0.1) is 17.1 Å². The van der Waals surface area contributed by atoms with Crippen molar-refractivity contribution < 1.29 is 13.9 Å². The van der Waals surface area contributed by atoms with Crippen LogP contribution >= 0.6 is 15.9 Å². The van der Waals surface area contributed by atoms with Crippen LogP contribution in [-0.2, 0) is 0 Å². The van der Waals surface area contributed by atoms with Crippen molar-refractivity contribution in [2.75, 3.05) is 13.2 Å². The monoisotopic (exact) mass is 335 g/mol. The molecule has 102 valence electrons. The molecule has 0 heterocycles. The molecule has 2 aromatic carbocycles. The van der Waals surface area contributed by atoms with Gasteiger partial charge in [-0.25, -0.2) is 4.39 Å². The molecule has 0 unspecified atom stereocenters. The number of halogens is 2. The van der Waals surface area contributed by atoms with Gasteiger partial charge in [-0.05, 0) is 46.3 Å². The van der Waals surface area contributed by atoms with Crippen molar-refractivity contribution in [3.8, 4) is 17.6 Å². The van der Waals surface area contributed by atoms with Gasteiger partial charge < -0.3 is 9.47 Å². The lowest BCUT2D eigenvalue weighted by Crippen LogP contribution is -2.09. The summed E-state index contributed by atoms with van der Waals surface area (Å²) in [5, 5.41) is 8.76. The van der Waals surface area contributed by atoms with Gasteiger partial charge in [0.15, 0.2) is 0 Å². The van der Waals surface area contributed by atoms with E-state index in [2.05, 4.69) is 15.9 Å². The minimum absolute atomic E-state index is 0.290. The fraction of sp³-hybridized carbons (Fsp3) is 0.133. The van der Waals surface area contributed by atoms with Gasteiger partial charge in [0, 0.05) is 6.07 Å². The van der Waals surface area contributed by atoms with Crippen LogP contribution in [0.4, 0.5) is 4.39 Å². The molecule has 0 aliphatic rings. The summed E-state index contributed by atoms with van der Waals surface area (Å²) >= 11 is 3.07. The highest BCUT2D eigenvalue weighted by atomic mass is 79.9. The van der Waals surface area contributed by atoms with Crippen LogP contribution in [0.5, 0.6) is 11.5 Å². The zero-order valence-corrected chi connectivity index (χ0v) is 12.1. The Morgan fingerprint density at radius 3 is 2.40 bits per heavy atom. The minimum atomic E-state index is -0.370. The molecule has 20 heavy (non-hydrogen) atoms. The number of rotatable bonds is 5. The molecule has 0 amide bonds. The molecular weight excluding hydrogens is 325 g/mol. The first kappa shape index (κ1) is 14.4. The summed E-state index contributed by atoms with van der Waals surface area (Å²) in [5.41, 5.74) is 0.540. The third-order valence-corrected chi connectivity index (χ3v) is 3.12. The molecule has 2 rings (SSSR count). The fourth-order valence-electron chi connectivity index (χ4n) is 1.54. The van der Waals surface area contributed by atoms with Crippen LogP contribution in [0.25, 0.3) is 0 Å². The summed E-state index contributed by atoms with van der Waals surface area (Å²) in [4.78, 5) is 0. The van der Waals surface area contributed by atoms with E-state index in [1.54, 1.807) is 36.4 Å². The Morgan fingerprint density at radius 1 is 1.05 bits per heavy atom. The third-order valence-electron chi connectivity index (χ3n) is 2.47. The summed E-state index contributed by atoms with van der Waals surface area (Å²) in [5.74, 6) is 0.680. The van der Waals surface area contributed by atoms with Crippen molar-refractivity contribution >= 4 is 15.9 Å². The van der Waals surface area contributed by atoms with E-state index in [1.165, 1.54) is 6.07 Å². The van der Waals surface area contributed by atoms with Crippen molar-refractivity contribution in [1.29, 1.82) is 5.26 Å². The zero-order valence-electron chi connectivity index (χ0n) is 10.5. The second-order valence-electron chi connectivity index (χ2n) is 3.91. The molecule has 0 aromatic heterocycles. The highest BCUT2D eigenvalue weighted by Crippen LogP contribution is 2.20. The van der Waals surface area contributed by atoms with Gasteiger partial charge in [-0.3, -0.25) is 0 Å². The van der Waals surface area contributed by atoms with E-state index in [-0.39, 0.29) is 12.4 Å². The molecule has 0 spiro atoms. The quantitative estimate of drug-likeness (QED) is 0.778. The SMILES string of the molecule is N#Cc1cccc(OCCOc2ccc(Br)c(F)c2)c1. The Morgan fingerprint density at radius 2 is 1.75 bits per heavy atom. The van der Waals surface area contributed by atoms with Crippen LogP contribution in [0.1, 0.15) is 5.56 Å². The maximum atomic E-state index is 13.2. The summed E-state index contributed by atoms with van der Waals surface area (Å²) < 4.78 is 24.5. The highest BCUT2D eigenvalue weighted by Gasteiger charge is 2.01. The topological polar surface area (TPSA) is 42.2 Å². The van der Waals surface area contributed by atoms with Gasteiger partial charge in [0.1, 0.15) is 30.5 Å². The molecule has 0 atom stereocenters. The predicted octanol–water partition coefficient (Wildman–Crippen LogP) is 3.92. The molecular formula is C15H11BrFNO2. The van der Waals surface area contributed by atoms with Crippen molar-refractivity contribution in [3.63, 3.8) is 0 Å². The molecule has 2 aromatic rings. The largest absolute Gasteiger partial charge is 0.490 e. The van der Waals surface area contributed by atoms with Crippen molar-refractivity contribution in [2.24, 2.45) is 0 Å². The van der Waals surface area contributed by atoms with Gasteiger partial charge in [-0.1, -0.05) is 6.07 Å². The van der Waals surface area contributed by atoms with Gasteiger partial charge in [-0.15, -0.1) is 0 Å². The fourth-order valence-corrected chi connectivity index (χ4v) is 1.79. The number of hydrogen-bond acceptors (Lipinski definition) is 3. The van der Waals surface area contributed by atoms with Gasteiger partial charge in [-0.2, -0.15) is 5.26 Å². The van der Waals surface area contributed by atoms with Crippen LogP contribution < -0.4 is 9.47 Å².